The summed E-state index contributed by atoms with van der Waals surface area (Å²) in [7, 11) is 0.472. The summed E-state index contributed by atoms with van der Waals surface area (Å²) >= 11 is 0. The Hall–Kier alpha value is -2.22. The van der Waals surface area contributed by atoms with Crippen molar-refractivity contribution in [2.24, 2.45) is 5.92 Å². The Balaban J connectivity index is 2.44. The van der Waals surface area contributed by atoms with Crippen LogP contribution in [0.3, 0.4) is 0 Å². The van der Waals surface area contributed by atoms with Gasteiger partial charge in [-0.1, -0.05) is 33.1 Å². The maximum Gasteiger partial charge on any atom is 0.269 e. The first-order valence-corrected chi connectivity index (χ1v) is 11.4. The van der Waals surface area contributed by atoms with Crippen molar-refractivity contribution in [1.29, 1.82) is 0 Å². The van der Waals surface area contributed by atoms with Gasteiger partial charge in [-0.3, -0.25) is 9.10 Å². The molecule has 0 radical (unpaired) electrons. The van der Waals surface area contributed by atoms with Crippen LogP contribution in [0.5, 0.6) is 11.5 Å². The van der Waals surface area contributed by atoms with E-state index in [1.54, 1.807) is 19.1 Å². The van der Waals surface area contributed by atoms with E-state index in [0.717, 1.165) is 30.0 Å². The molecule has 8 heteroatoms. The predicted octanol–water partition coefficient (Wildman–Crippen LogP) is 3.55. The van der Waals surface area contributed by atoms with Crippen LogP contribution in [-0.4, -0.2) is 42.1 Å². The number of allylic oxidation sites excluding steroid dienone is 1. The number of unbranched alkanes of at least 4 members (excludes halogenated alkanes) is 1. The number of nitrogens with one attached hydrogen (secondary N) is 1. The number of nitrogens with zero attached hydrogens (tertiary/aromatic N) is 1. The Kier molecular flexibility index (Phi) is 7.57. The van der Waals surface area contributed by atoms with Gasteiger partial charge >= 0.3 is 0 Å². The third-order valence-corrected chi connectivity index (χ3v) is 7.43. The summed E-state index contributed by atoms with van der Waals surface area (Å²) in [5, 5.41) is 2.84. The van der Waals surface area contributed by atoms with Gasteiger partial charge in [0.15, 0.2) is 16.4 Å². The summed E-state index contributed by atoms with van der Waals surface area (Å²) in [4.78, 5) is 12.7. The molecule has 0 bridgehead atoms. The van der Waals surface area contributed by atoms with Crippen LogP contribution in [0.15, 0.2) is 17.0 Å². The molecule has 1 aliphatic heterocycles. The zero-order chi connectivity index (χ0) is 21.8. The predicted molar refractivity (Wildman–Crippen MR) is 116 cm³/mol. The Morgan fingerprint density at radius 2 is 1.79 bits per heavy atom. The van der Waals surface area contributed by atoms with E-state index >= 15 is 0 Å². The van der Waals surface area contributed by atoms with Crippen molar-refractivity contribution in [2.45, 2.75) is 46.5 Å². The van der Waals surface area contributed by atoms with Gasteiger partial charge in [0.25, 0.3) is 15.9 Å². The van der Waals surface area contributed by atoms with Gasteiger partial charge in [0.1, 0.15) is 0 Å². The third-order valence-electron chi connectivity index (χ3n) is 5.51. The smallest absolute Gasteiger partial charge is 0.269 e. The van der Waals surface area contributed by atoms with Crippen LogP contribution in [-0.2, 0) is 14.8 Å². The van der Waals surface area contributed by atoms with E-state index in [9.17, 15) is 13.2 Å². The minimum atomic E-state index is -3.98. The molecular weight excluding hydrogens is 392 g/mol. The molecule has 1 N–H and O–H groups in total. The lowest BCUT2D eigenvalue weighted by molar-refractivity contribution is -0.117. The summed E-state index contributed by atoms with van der Waals surface area (Å²) in [6, 6.07) is 3.32. The molecule has 29 heavy (non-hydrogen) atoms. The Bertz CT molecular complexity index is 893. The largest absolute Gasteiger partial charge is 0.493 e. The summed E-state index contributed by atoms with van der Waals surface area (Å²) in [5.41, 5.74) is 1.48. The van der Waals surface area contributed by atoms with E-state index in [4.69, 9.17) is 9.47 Å². The molecule has 1 heterocycles. The van der Waals surface area contributed by atoms with Crippen LogP contribution in [0.4, 0.5) is 5.69 Å². The standard InChI is InChI=1S/C21H32N2O5S/c1-7-9-10-15(8-2)13-22-21(24)20-14(3)16-11-18(27-5)19(28-6)12-17(16)23(4)29(20,25)26/h11-12,15H,7-10,13H2,1-6H3,(H,22,24)/t15-/m1/s1. The number of methoxy groups -OCH3 is 2. The minimum absolute atomic E-state index is 0.218. The van der Waals surface area contributed by atoms with Crippen molar-refractivity contribution in [1.82, 2.24) is 5.32 Å². The number of amides is 1. The first-order chi connectivity index (χ1) is 13.7. The van der Waals surface area contributed by atoms with Crippen LogP contribution < -0.4 is 19.1 Å². The monoisotopic (exact) mass is 424 g/mol. The number of hydrogen-bond donors (Lipinski definition) is 1. The second-order valence-corrected chi connectivity index (χ2v) is 9.18. The normalized spacial score (nSPS) is 16.3. The molecule has 2 rings (SSSR count). The molecule has 0 aromatic heterocycles. The highest BCUT2D eigenvalue weighted by atomic mass is 32.2. The van der Waals surface area contributed by atoms with Gasteiger partial charge in [0.05, 0.1) is 19.9 Å². The van der Waals surface area contributed by atoms with Crippen molar-refractivity contribution in [2.75, 3.05) is 32.1 Å². The number of carbonyl (C=O) groups excluding carboxylic acids is 1. The first kappa shape index (κ1) is 23.1. The molecule has 0 fully saturated rings. The second kappa shape index (κ2) is 9.52. The topological polar surface area (TPSA) is 84.9 Å². The summed E-state index contributed by atoms with van der Waals surface area (Å²) < 4.78 is 38.0. The van der Waals surface area contributed by atoms with E-state index < -0.39 is 15.9 Å². The van der Waals surface area contributed by atoms with Crippen LogP contribution in [0, 0.1) is 5.92 Å². The van der Waals surface area contributed by atoms with Crippen LogP contribution in [0.1, 0.15) is 52.0 Å². The molecule has 1 aromatic carbocycles. The molecule has 1 amide bonds. The number of benzene rings is 1. The summed E-state index contributed by atoms with van der Waals surface area (Å²) in [5.74, 6) is 0.671. The lowest BCUT2D eigenvalue weighted by Crippen LogP contribution is -2.40. The number of ether oxygens (including phenoxy) is 2. The number of carbonyl (C=O) groups is 1. The number of anilines is 1. The summed E-state index contributed by atoms with van der Waals surface area (Å²) in [6.45, 7) is 6.32. The molecule has 1 atom stereocenters. The molecule has 162 valence electrons. The minimum Gasteiger partial charge on any atom is -0.493 e. The Labute approximate surface area is 174 Å². The lowest BCUT2D eigenvalue weighted by Gasteiger charge is -2.30. The van der Waals surface area contributed by atoms with Crippen molar-refractivity contribution in [3.05, 3.63) is 22.6 Å². The molecule has 0 spiro atoms. The molecule has 0 unspecified atom stereocenters. The van der Waals surface area contributed by atoms with Gasteiger partial charge < -0.3 is 14.8 Å². The van der Waals surface area contributed by atoms with Crippen LogP contribution >= 0.6 is 0 Å². The van der Waals surface area contributed by atoms with Gasteiger partial charge in [-0.05, 0) is 30.9 Å². The van der Waals surface area contributed by atoms with Crippen molar-refractivity contribution in [3.63, 3.8) is 0 Å². The average molecular weight is 425 g/mol. The maximum atomic E-state index is 13.1. The fourth-order valence-electron chi connectivity index (χ4n) is 3.56. The highest BCUT2D eigenvalue weighted by molar-refractivity contribution is 7.97. The van der Waals surface area contributed by atoms with Crippen molar-refractivity contribution < 1.29 is 22.7 Å². The first-order valence-electron chi connectivity index (χ1n) is 9.97. The fourth-order valence-corrected chi connectivity index (χ4v) is 5.05. The van der Waals surface area contributed by atoms with Crippen LogP contribution in [0.25, 0.3) is 5.57 Å². The van der Waals surface area contributed by atoms with Crippen molar-refractivity contribution >= 4 is 27.2 Å². The molecule has 0 saturated carbocycles. The SMILES string of the molecule is CCCC[C@@H](CC)CNC(=O)C1=C(C)c2cc(OC)c(OC)cc2N(C)S1(=O)=O. The van der Waals surface area contributed by atoms with Gasteiger partial charge in [-0.2, -0.15) is 0 Å². The van der Waals surface area contributed by atoms with E-state index in [1.165, 1.54) is 21.3 Å². The van der Waals surface area contributed by atoms with Crippen molar-refractivity contribution in [3.8, 4) is 11.5 Å². The van der Waals surface area contributed by atoms with E-state index in [1.807, 2.05) is 0 Å². The quantitative estimate of drug-likeness (QED) is 0.655. The van der Waals surface area contributed by atoms with Gasteiger partial charge in [-0.15, -0.1) is 0 Å². The molecular formula is C21H32N2O5S. The lowest BCUT2D eigenvalue weighted by atomic mass is 9.99. The zero-order valence-electron chi connectivity index (χ0n) is 18.2. The number of hydrogen-bond acceptors (Lipinski definition) is 5. The third kappa shape index (κ3) is 4.52. The van der Waals surface area contributed by atoms with Gasteiger partial charge in [-0.25, -0.2) is 8.42 Å². The number of rotatable bonds is 9. The fraction of sp³-hybridized carbons (Fsp3) is 0.571. The van der Waals surface area contributed by atoms with E-state index in [2.05, 4.69) is 19.2 Å². The second-order valence-electron chi connectivity index (χ2n) is 7.28. The van der Waals surface area contributed by atoms with Crippen LogP contribution in [0.2, 0.25) is 0 Å². The van der Waals surface area contributed by atoms with E-state index in [-0.39, 0.29) is 4.91 Å². The molecule has 1 aliphatic rings. The highest BCUT2D eigenvalue weighted by Crippen LogP contribution is 2.44. The van der Waals surface area contributed by atoms with Gasteiger partial charge in [0.2, 0.25) is 0 Å². The molecule has 0 aliphatic carbocycles. The van der Waals surface area contributed by atoms with E-state index in [0.29, 0.717) is 40.8 Å². The molecule has 1 aromatic rings. The number of sulfonamides is 1. The zero-order valence-corrected chi connectivity index (χ0v) is 19.0. The summed E-state index contributed by atoms with van der Waals surface area (Å²) in [6.07, 6.45) is 4.13. The highest BCUT2D eigenvalue weighted by Gasteiger charge is 2.38. The average Bonchev–Trinajstić information content (AvgIpc) is 2.71. The molecule has 0 saturated heterocycles. The number of fused-ring (bicyclic) bond motifs is 1. The Morgan fingerprint density at radius 1 is 1.17 bits per heavy atom. The van der Waals surface area contributed by atoms with Gasteiger partial charge in [0, 0.05) is 25.2 Å². The molecule has 7 nitrogen and oxygen atoms in total. The maximum absolute atomic E-state index is 13.1. The Morgan fingerprint density at radius 3 is 2.34 bits per heavy atom.